The lowest BCUT2D eigenvalue weighted by Crippen LogP contribution is -2.22. The second kappa shape index (κ2) is 6.62. The van der Waals surface area contributed by atoms with Gasteiger partial charge in [0.1, 0.15) is 11.0 Å². The van der Waals surface area contributed by atoms with Gasteiger partial charge in [-0.05, 0) is 48.8 Å². The molecular weight excluding hydrogens is 288 g/mol. The molecule has 2 heterocycles. The topological polar surface area (TPSA) is 77.0 Å². The predicted octanol–water partition coefficient (Wildman–Crippen LogP) is 2.18. The zero-order chi connectivity index (χ0) is 14.5. The Labute approximate surface area is 126 Å². The van der Waals surface area contributed by atoms with Crippen molar-refractivity contribution in [1.29, 1.82) is 0 Å². The van der Waals surface area contributed by atoms with Crippen molar-refractivity contribution >= 4 is 17.4 Å². The summed E-state index contributed by atoms with van der Waals surface area (Å²) in [7, 11) is 0. The highest BCUT2D eigenvalue weighted by molar-refractivity contribution is 7.07. The van der Waals surface area contributed by atoms with Gasteiger partial charge in [0.05, 0.1) is 6.20 Å². The maximum absolute atomic E-state index is 11.8. The molecule has 3 rings (SSSR count). The number of carbonyl (C=O) groups excluding carboxylic acids is 1. The third kappa shape index (κ3) is 3.75. The van der Waals surface area contributed by atoms with Crippen LogP contribution in [0.2, 0.25) is 0 Å². The Hall–Kier alpha value is -2.02. The van der Waals surface area contributed by atoms with E-state index in [0.717, 1.165) is 29.9 Å². The Morgan fingerprint density at radius 1 is 1.43 bits per heavy atom. The molecule has 1 amide bonds. The molecule has 0 aromatic carbocycles. The summed E-state index contributed by atoms with van der Waals surface area (Å²) < 4.78 is 9.52. The van der Waals surface area contributed by atoms with Gasteiger partial charge in [-0.1, -0.05) is 4.49 Å². The SMILES string of the molecule is O=C(NCc1ccnc(OC2CCCC2)c1)c1cnns1. The molecule has 1 N–H and O–H groups in total. The average molecular weight is 304 g/mol. The first-order chi connectivity index (χ1) is 10.3. The van der Waals surface area contributed by atoms with Gasteiger partial charge in [0.2, 0.25) is 5.88 Å². The number of amides is 1. The Morgan fingerprint density at radius 2 is 2.29 bits per heavy atom. The molecule has 2 aromatic heterocycles. The fraction of sp³-hybridized carbons (Fsp3) is 0.429. The van der Waals surface area contributed by atoms with E-state index in [1.807, 2.05) is 12.1 Å². The number of ether oxygens (including phenoxy) is 1. The van der Waals surface area contributed by atoms with Crippen molar-refractivity contribution in [3.8, 4) is 5.88 Å². The molecule has 0 unspecified atom stereocenters. The van der Waals surface area contributed by atoms with Crippen LogP contribution in [0.3, 0.4) is 0 Å². The lowest BCUT2D eigenvalue weighted by atomic mass is 10.2. The van der Waals surface area contributed by atoms with E-state index in [1.165, 1.54) is 19.0 Å². The number of nitrogens with one attached hydrogen (secondary N) is 1. The molecule has 1 saturated carbocycles. The standard InChI is InChI=1S/C14H16N4O2S/c19-14(12-9-17-18-21-12)16-8-10-5-6-15-13(7-10)20-11-3-1-2-4-11/h5-7,9,11H,1-4,8H2,(H,16,19). The van der Waals surface area contributed by atoms with Crippen LogP contribution in [-0.2, 0) is 6.54 Å². The number of rotatable bonds is 5. The van der Waals surface area contributed by atoms with Gasteiger partial charge in [0.15, 0.2) is 0 Å². The molecule has 110 valence electrons. The largest absolute Gasteiger partial charge is 0.474 e. The van der Waals surface area contributed by atoms with E-state index >= 15 is 0 Å². The van der Waals surface area contributed by atoms with Gasteiger partial charge in [0, 0.05) is 18.8 Å². The van der Waals surface area contributed by atoms with Crippen LogP contribution in [0, 0.1) is 0 Å². The molecule has 1 fully saturated rings. The minimum absolute atomic E-state index is 0.167. The quantitative estimate of drug-likeness (QED) is 0.916. The van der Waals surface area contributed by atoms with Crippen molar-refractivity contribution in [3.05, 3.63) is 35.0 Å². The van der Waals surface area contributed by atoms with Crippen molar-refractivity contribution in [2.75, 3.05) is 0 Å². The molecule has 7 heteroatoms. The van der Waals surface area contributed by atoms with Crippen molar-refractivity contribution < 1.29 is 9.53 Å². The van der Waals surface area contributed by atoms with Gasteiger partial charge in [-0.3, -0.25) is 4.79 Å². The summed E-state index contributed by atoms with van der Waals surface area (Å²) in [6, 6.07) is 3.75. The van der Waals surface area contributed by atoms with Gasteiger partial charge in [0.25, 0.3) is 5.91 Å². The number of hydrogen-bond donors (Lipinski definition) is 1. The first kappa shape index (κ1) is 13.9. The van der Waals surface area contributed by atoms with Crippen molar-refractivity contribution in [2.24, 2.45) is 0 Å². The van der Waals surface area contributed by atoms with Crippen molar-refractivity contribution in [2.45, 2.75) is 38.3 Å². The molecule has 0 atom stereocenters. The lowest BCUT2D eigenvalue weighted by molar-refractivity contribution is 0.0954. The van der Waals surface area contributed by atoms with Gasteiger partial charge >= 0.3 is 0 Å². The summed E-state index contributed by atoms with van der Waals surface area (Å²) in [5, 5.41) is 6.48. The molecule has 21 heavy (non-hydrogen) atoms. The predicted molar refractivity (Wildman–Crippen MR) is 78.2 cm³/mol. The van der Waals surface area contributed by atoms with Crippen LogP contribution in [0.5, 0.6) is 5.88 Å². The highest BCUT2D eigenvalue weighted by Crippen LogP contribution is 2.23. The summed E-state index contributed by atoms with van der Waals surface area (Å²) in [5.74, 6) is 0.466. The molecule has 0 aliphatic heterocycles. The molecule has 6 nitrogen and oxygen atoms in total. The summed E-state index contributed by atoms with van der Waals surface area (Å²) in [5.41, 5.74) is 0.962. The van der Waals surface area contributed by atoms with Crippen LogP contribution in [0.15, 0.2) is 24.5 Å². The fourth-order valence-electron chi connectivity index (χ4n) is 2.34. The van der Waals surface area contributed by atoms with Gasteiger partial charge in [-0.2, -0.15) is 0 Å². The highest BCUT2D eigenvalue weighted by atomic mass is 32.1. The molecule has 1 aliphatic rings. The molecular formula is C14H16N4O2S. The van der Waals surface area contributed by atoms with Crippen LogP contribution in [-0.4, -0.2) is 26.6 Å². The third-order valence-corrected chi connectivity index (χ3v) is 4.09. The summed E-state index contributed by atoms with van der Waals surface area (Å²) in [4.78, 5) is 16.5. The Balaban J connectivity index is 1.56. The molecule has 0 radical (unpaired) electrons. The van der Waals surface area contributed by atoms with Gasteiger partial charge in [-0.25, -0.2) is 4.98 Å². The van der Waals surface area contributed by atoms with E-state index in [9.17, 15) is 4.79 Å². The summed E-state index contributed by atoms with van der Waals surface area (Å²) in [6.45, 7) is 0.431. The maximum Gasteiger partial charge on any atom is 0.264 e. The molecule has 0 spiro atoms. The first-order valence-corrected chi connectivity index (χ1v) is 7.76. The van der Waals surface area contributed by atoms with E-state index in [0.29, 0.717) is 17.3 Å². The van der Waals surface area contributed by atoms with E-state index in [4.69, 9.17) is 4.74 Å². The summed E-state index contributed by atoms with van der Waals surface area (Å²) >= 11 is 1.08. The van der Waals surface area contributed by atoms with Crippen molar-refractivity contribution in [1.82, 2.24) is 19.9 Å². The number of carbonyl (C=O) groups is 1. The monoisotopic (exact) mass is 304 g/mol. The van der Waals surface area contributed by atoms with Crippen LogP contribution < -0.4 is 10.1 Å². The van der Waals surface area contributed by atoms with Crippen LogP contribution in [0.25, 0.3) is 0 Å². The average Bonchev–Trinajstić information content (AvgIpc) is 3.18. The van der Waals surface area contributed by atoms with E-state index in [2.05, 4.69) is 19.9 Å². The van der Waals surface area contributed by atoms with E-state index < -0.39 is 0 Å². The van der Waals surface area contributed by atoms with E-state index in [1.54, 1.807) is 6.20 Å². The molecule has 0 bridgehead atoms. The summed E-state index contributed by atoms with van der Waals surface area (Å²) in [6.07, 6.45) is 8.10. The second-order valence-electron chi connectivity index (χ2n) is 4.99. The Bertz CT molecular complexity index is 597. The van der Waals surface area contributed by atoms with Gasteiger partial charge in [-0.15, -0.1) is 5.10 Å². The fourth-order valence-corrected chi connectivity index (χ4v) is 2.77. The molecule has 1 aliphatic carbocycles. The smallest absolute Gasteiger partial charge is 0.264 e. The number of pyridine rings is 1. The number of nitrogens with zero attached hydrogens (tertiary/aromatic N) is 3. The third-order valence-electron chi connectivity index (χ3n) is 3.43. The van der Waals surface area contributed by atoms with Crippen molar-refractivity contribution in [3.63, 3.8) is 0 Å². The van der Waals surface area contributed by atoms with Crippen LogP contribution in [0.4, 0.5) is 0 Å². The minimum Gasteiger partial charge on any atom is -0.474 e. The highest BCUT2D eigenvalue weighted by Gasteiger charge is 2.17. The lowest BCUT2D eigenvalue weighted by Gasteiger charge is -2.12. The zero-order valence-electron chi connectivity index (χ0n) is 11.5. The zero-order valence-corrected chi connectivity index (χ0v) is 12.3. The number of aromatic nitrogens is 3. The van der Waals surface area contributed by atoms with Crippen LogP contribution in [0.1, 0.15) is 40.9 Å². The second-order valence-corrected chi connectivity index (χ2v) is 5.78. The Kier molecular flexibility index (Phi) is 4.40. The Morgan fingerprint density at radius 3 is 3.05 bits per heavy atom. The van der Waals surface area contributed by atoms with Gasteiger partial charge < -0.3 is 10.1 Å². The maximum atomic E-state index is 11.8. The minimum atomic E-state index is -0.167. The molecule has 2 aromatic rings. The van der Waals surface area contributed by atoms with Crippen LogP contribution >= 0.6 is 11.5 Å². The molecule has 0 saturated heterocycles. The number of hydrogen-bond acceptors (Lipinski definition) is 6. The normalized spacial score (nSPS) is 15.0. The van der Waals surface area contributed by atoms with E-state index in [-0.39, 0.29) is 12.0 Å². The first-order valence-electron chi connectivity index (χ1n) is 6.98.